The van der Waals surface area contributed by atoms with E-state index in [1.807, 2.05) is 19.1 Å². The molecule has 1 aromatic heterocycles. The molecule has 0 radical (unpaired) electrons. The minimum absolute atomic E-state index is 0.336. The summed E-state index contributed by atoms with van der Waals surface area (Å²) in [6, 6.07) is 8.13. The SMILES string of the molecule is C=CC(=O)OCCCCCCOC.Cc1ccc(-c2nc(C)co2)cc1. The molecule has 0 spiro atoms. The van der Waals surface area contributed by atoms with E-state index in [-0.39, 0.29) is 5.97 Å². The van der Waals surface area contributed by atoms with Crippen molar-refractivity contribution in [3.05, 3.63) is 54.4 Å². The molecule has 0 saturated heterocycles. The second kappa shape index (κ2) is 12.9. The molecule has 0 atom stereocenters. The maximum Gasteiger partial charge on any atom is 0.330 e. The second-order valence-electron chi connectivity index (χ2n) is 5.94. The van der Waals surface area contributed by atoms with Crippen molar-refractivity contribution in [1.82, 2.24) is 4.98 Å². The summed E-state index contributed by atoms with van der Waals surface area (Å²) in [6.45, 7) is 8.60. The Bertz CT molecular complexity index is 646. The van der Waals surface area contributed by atoms with Crippen molar-refractivity contribution in [3.63, 3.8) is 0 Å². The zero-order valence-corrected chi connectivity index (χ0v) is 16.0. The number of ether oxygens (including phenoxy) is 2. The largest absolute Gasteiger partial charge is 0.463 e. The van der Waals surface area contributed by atoms with Crippen molar-refractivity contribution >= 4 is 5.97 Å². The summed E-state index contributed by atoms with van der Waals surface area (Å²) in [5.41, 5.74) is 3.18. The lowest BCUT2D eigenvalue weighted by Crippen LogP contribution is -2.01. The van der Waals surface area contributed by atoms with Gasteiger partial charge in [-0.1, -0.05) is 30.7 Å². The summed E-state index contributed by atoms with van der Waals surface area (Å²) in [7, 11) is 1.70. The maximum atomic E-state index is 10.6. The molecule has 1 aromatic carbocycles. The molecule has 1 heterocycles. The van der Waals surface area contributed by atoms with Crippen LogP contribution in [0.5, 0.6) is 0 Å². The number of benzene rings is 1. The van der Waals surface area contributed by atoms with Crippen LogP contribution in [0.3, 0.4) is 0 Å². The molecule has 0 aliphatic rings. The molecule has 26 heavy (non-hydrogen) atoms. The van der Waals surface area contributed by atoms with Crippen molar-refractivity contribution < 1.29 is 18.7 Å². The normalized spacial score (nSPS) is 9.96. The predicted molar refractivity (Wildman–Crippen MR) is 103 cm³/mol. The zero-order valence-electron chi connectivity index (χ0n) is 16.0. The van der Waals surface area contributed by atoms with Crippen LogP contribution in [0, 0.1) is 13.8 Å². The highest BCUT2D eigenvalue weighted by Crippen LogP contribution is 2.18. The van der Waals surface area contributed by atoms with Crippen molar-refractivity contribution in [2.45, 2.75) is 39.5 Å². The van der Waals surface area contributed by atoms with Gasteiger partial charge in [0.25, 0.3) is 0 Å². The van der Waals surface area contributed by atoms with E-state index >= 15 is 0 Å². The van der Waals surface area contributed by atoms with Crippen molar-refractivity contribution in [1.29, 1.82) is 0 Å². The first-order valence-electron chi connectivity index (χ1n) is 8.84. The van der Waals surface area contributed by atoms with Crippen LogP contribution in [0.15, 0.2) is 47.6 Å². The first kappa shape index (κ1) is 21.6. The van der Waals surface area contributed by atoms with Gasteiger partial charge in [0.1, 0.15) is 6.26 Å². The standard InChI is InChI=1S/C11H11NO.C10H18O3/c1-8-3-5-10(6-4-8)11-12-9(2)7-13-11;1-3-10(11)13-9-7-5-4-6-8-12-2/h3-7H,1-2H3;3H,1,4-9H2,2H3. The third kappa shape index (κ3) is 9.18. The number of methoxy groups -OCH3 is 1. The van der Waals surface area contributed by atoms with E-state index < -0.39 is 0 Å². The van der Waals surface area contributed by atoms with E-state index in [2.05, 4.69) is 30.6 Å². The van der Waals surface area contributed by atoms with Gasteiger partial charge in [0.05, 0.1) is 12.3 Å². The molecular weight excluding hydrogens is 330 g/mol. The number of rotatable bonds is 9. The van der Waals surface area contributed by atoms with E-state index in [9.17, 15) is 4.79 Å². The number of aromatic nitrogens is 1. The first-order chi connectivity index (χ1) is 12.6. The minimum atomic E-state index is -0.336. The van der Waals surface area contributed by atoms with Crippen molar-refractivity contribution in [2.24, 2.45) is 0 Å². The third-order valence-electron chi connectivity index (χ3n) is 3.57. The fourth-order valence-corrected chi connectivity index (χ4v) is 2.12. The summed E-state index contributed by atoms with van der Waals surface area (Å²) in [6.07, 6.45) is 7.04. The lowest BCUT2D eigenvalue weighted by molar-refractivity contribution is -0.137. The van der Waals surface area contributed by atoms with Crippen LogP contribution >= 0.6 is 0 Å². The van der Waals surface area contributed by atoms with Crippen LogP contribution in [-0.2, 0) is 14.3 Å². The van der Waals surface area contributed by atoms with E-state index in [4.69, 9.17) is 13.9 Å². The second-order valence-corrected chi connectivity index (χ2v) is 5.94. The summed E-state index contributed by atoms with van der Waals surface area (Å²) < 4.78 is 15.0. The molecule has 0 aliphatic carbocycles. The van der Waals surface area contributed by atoms with Crippen molar-refractivity contribution in [2.75, 3.05) is 20.3 Å². The summed E-state index contributed by atoms with van der Waals surface area (Å²) in [4.78, 5) is 14.8. The average Bonchev–Trinajstić information content (AvgIpc) is 3.08. The summed E-state index contributed by atoms with van der Waals surface area (Å²) >= 11 is 0. The molecule has 0 fully saturated rings. The van der Waals surface area contributed by atoms with Crippen LogP contribution in [0.4, 0.5) is 0 Å². The van der Waals surface area contributed by atoms with Gasteiger partial charge >= 0.3 is 5.97 Å². The molecule has 0 N–H and O–H groups in total. The monoisotopic (exact) mass is 359 g/mol. The van der Waals surface area contributed by atoms with Gasteiger partial charge in [0.2, 0.25) is 5.89 Å². The highest BCUT2D eigenvalue weighted by atomic mass is 16.5. The van der Waals surface area contributed by atoms with Gasteiger partial charge in [-0.05, 0) is 45.2 Å². The van der Waals surface area contributed by atoms with Gasteiger partial charge in [-0.25, -0.2) is 9.78 Å². The smallest absolute Gasteiger partial charge is 0.330 e. The highest BCUT2D eigenvalue weighted by molar-refractivity contribution is 5.81. The van der Waals surface area contributed by atoms with Gasteiger partial charge in [0, 0.05) is 25.4 Å². The number of carbonyl (C=O) groups excluding carboxylic acids is 1. The number of unbranched alkanes of at least 4 members (excludes halogenated alkanes) is 3. The molecule has 2 rings (SSSR count). The molecular formula is C21H29NO4. The Morgan fingerprint density at radius 3 is 2.31 bits per heavy atom. The van der Waals surface area contributed by atoms with Gasteiger partial charge < -0.3 is 13.9 Å². The van der Waals surface area contributed by atoms with Crippen LogP contribution in [0.1, 0.15) is 36.9 Å². The molecule has 0 bridgehead atoms. The lowest BCUT2D eigenvalue weighted by atomic mass is 10.1. The van der Waals surface area contributed by atoms with Gasteiger partial charge in [0.15, 0.2) is 0 Å². The average molecular weight is 359 g/mol. The van der Waals surface area contributed by atoms with E-state index in [1.54, 1.807) is 13.4 Å². The number of hydrogen-bond donors (Lipinski definition) is 0. The Hall–Kier alpha value is -2.40. The fourth-order valence-electron chi connectivity index (χ4n) is 2.12. The first-order valence-corrected chi connectivity index (χ1v) is 8.84. The van der Waals surface area contributed by atoms with Gasteiger partial charge in [-0.15, -0.1) is 0 Å². The number of hydrogen-bond acceptors (Lipinski definition) is 5. The highest BCUT2D eigenvalue weighted by Gasteiger charge is 2.02. The molecule has 0 unspecified atom stereocenters. The number of nitrogens with zero attached hydrogens (tertiary/aromatic N) is 1. The van der Waals surface area contributed by atoms with E-state index in [0.29, 0.717) is 12.5 Å². The van der Waals surface area contributed by atoms with Crippen LogP contribution in [0.2, 0.25) is 0 Å². The minimum Gasteiger partial charge on any atom is -0.463 e. The van der Waals surface area contributed by atoms with Crippen LogP contribution < -0.4 is 0 Å². The molecule has 0 amide bonds. The Morgan fingerprint density at radius 1 is 1.12 bits per heavy atom. The molecule has 5 heteroatoms. The summed E-state index contributed by atoms with van der Waals surface area (Å²) in [5.74, 6) is 0.356. The number of carbonyl (C=O) groups is 1. The number of esters is 1. The Morgan fingerprint density at radius 2 is 1.77 bits per heavy atom. The molecule has 0 saturated carbocycles. The Labute approximate surface area is 156 Å². The molecule has 5 nitrogen and oxygen atoms in total. The Kier molecular flexibility index (Phi) is 10.7. The van der Waals surface area contributed by atoms with Gasteiger partial charge in [-0.2, -0.15) is 0 Å². The van der Waals surface area contributed by atoms with Crippen molar-refractivity contribution in [3.8, 4) is 11.5 Å². The van der Waals surface area contributed by atoms with E-state index in [0.717, 1.165) is 43.5 Å². The maximum absolute atomic E-state index is 10.6. The molecule has 2 aromatic rings. The topological polar surface area (TPSA) is 61.6 Å². The Balaban J connectivity index is 0.000000260. The fraction of sp³-hybridized carbons (Fsp3) is 0.429. The zero-order chi connectivity index (χ0) is 19.2. The van der Waals surface area contributed by atoms with Crippen LogP contribution in [0.25, 0.3) is 11.5 Å². The van der Waals surface area contributed by atoms with E-state index in [1.165, 1.54) is 11.6 Å². The summed E-state index contributed by atoms with van der Waals surface area (Å²) in [5, 5.41) is 0. The van der Waals surface area contributed by atoms with Crippen LogP contribution in [-0.4, -0.2) is 31.3 Å². The van der Waals surface area contributed by atoms with Gasteiger partial charge in [-0.3, -0.25) is 0 Å². The molecule has 142 valence electrons. The lowest BCUT2D eigenvalue weighted by Gasteiger charge is -2.01. The number of oxazole rings is 1. The molecule has 0 aliphatic heterocycles. The number of aryl methyl sites for hydroxylation is 2. The third-order valence-corrected chi connectivity index (χ3v) is 3.57. The quantitative estimate of drug-likeness (QED) is 0.363. The predicted octanol–water partition coefficient (Wildman–Crippen LogP) is 4.88.